The number of nitrogens with one attached hydrogen (secondary N) is 1. The molecule has 1 aliphatic rings. The molecule has 1 heterocycles. The van der Waals surface area contributed by atoms with Crippen molar-refractivity contribution in [1.82, 2.24) is 10.2 Å². The van der Waals surface area contributed by atoms with Gasteiger partial charge in [-0.15, -0.1) is 0 Å². The molecule has 1 N–H and O–H groups in total. The molecule has 3 aromatic rings. The lowest BCUT2D eigenvalue weighted by molar-refractivity contribution is -0.385. The summed E-state index contributed by atoms with van der Waals surface area (Å²) in [6.45, 7) is 2.02. The number of rotatable bonds is 7. The molecule has 7 heteroatoms. The first-order valence-electron chi connectivity index (χ1n) is 11.0. The van der Waals surface area contributed by atoms with Gasteiger partial charge in [-0.05, 0) is 41.3 Å². The fraction of sp³-hybridized carbons (Fsp3) is 0.269. The summed E-state index contributed by atoms with van der Waals surface area (Å²) in [6.07, 6.45) is 0.945. The van der Waals surface area contributed by atoms with Crippen molar-refractivity contribution < 1.29 is 9.72 Å². The van der Waals surface area contributed by atoms with E-state index in [-0.39, 0.29) is 17.3 Å². The van der Waals surface area contributed by atoms with E-state index in [1.54, 1.807) is 12.1 Å². The highest BCUT2D eigenvalue weighted by atomic mass is 16.6. The molecule has 3 aromatic carbocycles. The van der Waals surface area contributed by atoms with E-state index in [4.69, 9.17) is 0 Å². The molecule has 1 aliphatic heterocycles. The van der Waals surface area contributed by atoms with E-state index in [0.29, 0.717) is 6.54 Å². The van der Waals surface area contributed by atoms with Gasteiger partial charge in [-0.25, -0.2) is 0 Å². The zero-order valence-electron chi connectivity index (χ0n) is 18.9. The standard InChI is InChI=1S/C26H28N4O3/c1-28(2)22-13-11-20(12-14-22)25(29-16-15-19-7-3-4-8-21(19)18-29)17-27-26(31)23-9-5-6-10-24(23)30(32)33/h3-14,25H,15-18H2,1-2H3,(H,27,31). The molecule has 1 unspecified atom stereocenters. The highest BCUT2D eigenvalue weighted by Gasteiger charge is 2.26. The third-order valence-electron chi connectivity index (χ3n) is 6.20. The molecule has 0 bridgehead atoms. The van der Waals surface area contributed by atoms with E-state index in [1.165, 1.54) is 23.3 Å². The topological polar surface area (TPSA) is 78.7 Å². The van der Waals surface area contributed by atoms with Gasteiger partial charge in [0.25, 0.3) is 11.6 Å². The Bertz CT molecular complexity index is 1140. The van der Waals surface area contributed by atoms with Crippen LogP contribution in [0.15, 0.2) is 72.8 Å². The number of fused-ring (bicyclic) bond motifs is 1. The molecule has 0 radical (unpaired) electrons. The quantitative estimate of drug-likeness (QED) is 0.437. The molecule has 0 saturated heterocycles. The van der Waals surface area contributed by atoms with Crippen LogP contribution in [0.4, 0.5) is 11.4 Å². The largest absolute Gasteiger partial charge is 0.378 e. The lowest BCUT2D eigenvalue weighted by Crippen LogP contribution is -2.40. The number of carbonyl (C=O) groups is 1. The zero-order chi connectivity index (χ0) is 23.4. The van der Waals surface area contributed by atoms with Gasteiger partial charge >= 0.3 is 0 Å². The summed E-state index contributed by atoms with van der Waals surface area (Å²) in [5, 5.41) is 14.3. The lowest BCUT2D eigenvalue weighted by Gasteiger charge is -2.36. The minimum absolute atomic E-state index is 0.0544. The SMILES string of the molecule is CN(C)c1ccc(C(CNC(=O)c2ccccc2[N+](=O)[O-])N2CCc3ccccc3C2)cc1. The molecule has 0 aromatic heterocycles. The number of hydrogen-bond acceptors (Lipinski definition) is 5. The molecule has 0 saturated carbocycles. The van der Waals surface area contributed by atoms with Crippen LogP contribution >= 0.6 is 0 Å². The predicted octanol–water partition coefficient (Wildman–Crippen LogP) is 4.19. The number of hydrogen-bond donors (Lipinski definition) is 1. The maximum absolute atomic E-state index is 12.9. The minimum Gasteiger partial charge on any atom is -0.378 e. The Hall–Kier alpha value is -3.71. The smallest absolute Gasteiger partial charge is 0.282 e. The first-order chi connectivity index (χ1) is 15.9. The van der Waals surface area contributed by atoms with Crippen LogP contribution in [0, 0.1) is 10.1 Å². The average molecular weight is 445 g/mol. The van der Waals surface area contributed by atoms with E-state index < -0.39 is 10.8 Å². The number of nitrogens with zero attached hydrogens (tertiary/aromatic N) is 3. The third-order valence-corrected chi connectivity index (χ3v) is 6.20. The van der Waals surface area contributed by atoms with Crippen LogP contribution in [0.1, 0.15) is 33.1 Å². The summed E-state index contributed by atoms with van der Waals surface area (Å²) in [5.74, 6) is -0.436. The van der Waals surface area contributed by atoms with Gasteiger partial charge in [0.15, 0.2) is 0 Å². The molecule has 170 valence electrons. The Labute approximate surface area is 193 Å². The van der Waals surface area contributed by atoms with Gasteiger partial charge in [0.2, 0.25) is 0 Å². The first-order valence-corrected chi connectivity index (χ1v) is 11.0. The Morgan fingerprint density at radius 1 is 1.03 bits per heavy atom. The highest BCUT2D eigenvalue weighted by molar-refractivity contribution is 5.98. The second kappa shape index (κ2) is 9.83. The zero-order valence-corrected chi connectivity index (χ0v) is 18.9. The van der Waals surface area contributed by atoms with Gasteiger partial charge in [0.05, 0.1) is 11.0 Å². The number of amides is 1. The van der Waals surface area contributed by atoms with E-state index >= 15 is 0 Å². The summed E-state index contributed by atoms with van der Waals surface area (Å²) >= 11 is 0. The van der Waals surface area contributed by atoms with Crippen molar-refractivity contribution in [3.05, 3.63) is 105 Å². The van der Waals surface area contributed by atoms with Crippen LogP contribution in [0.2, 0.25) is 0 Å². The fourth-order valence-electron chi connectivity index (χ4n) is 4.35. The molecule has 7 nitrogen and oxygen atoms in total. The first kappa shape index (κ1) is 22.5. The van der Waals surface area contributed by atoms with E-state index in [2.05, 4.69) is 58.7 Å². The van der Waals surface area contributed by atoms with E-state index in [9.17, 15) is 14.9 Å². The van der Waals surface area contributed by atoms with Gasteiger partial charge in [-0.2, -0.15) is 0 Å². The Balaban J connectivity index is 1.58. The number of nitro groups is 1. The molecular weight excluding hydrogens is 416 g/mol. The van der Waals surface area contributed by atoms with Gasteiger partial charge in [0.1, 0.15) is 5.56 Å². The number of carbonyl (C=O) groups excluding carboxylic acids is 1. The Morgan fingerprint density at radius 2 is 1.70 bits per heavy atom. The third kappa shape index (κ3) is 5.04. The Morgan fingerprint density at radius 3 is 2.39 bits per heavy atom. The summed E-state index contributed by atoms with van der Waals surface area (Å²) in [7, 11) is 4.00. The normalized spacial score (nSPS) is 14.2. The molecule has 0 fully saturated rings. The number of anilines is 1. The average Bonchev–Trinajstić information content (AvgIpc) is 2.84. The van der Waals surface area contributed by atoms with Crippen molar-refractivity contribution in [1.29, 1.82) is 0 Å². The summed E-state index contributed by atoms with van der Waals surface area (Å²) in [6, 6.07) is 22.8. The monoisotopic (exact) mass is 444 g/mol. The predicted molar refractivity (Wildman–Crippen MR) is 129 cm³/mol. The van der Waals surface area contributed by atoms with E-state index in [1.807, 2.05) is 19.0 Å². The van der Waals surface area contributed by atoms with Crippen LogP contribution < -0.4 is 10.2 Å². The van der Waals surface area contributed by atoms with Crippen molar-refractivity contribution in [2.45, 2.75) is 19.0 Å². The second-order valence-corrected chi connectivity index (χ2v) is 8.48. The minimum atomic E-state index is -0.520. The van der Waals surface area contributed by atoms with Crippen molar-refractivity contribution >= 4 is 17.3 Å². The van der Waals surface area contributed by atoms with Gasteiger partial charge in [-0.3, -0.25) is 19.8 Å². The molecule has 1 atom stereocenters. The van der Waals surface area contributed by atoms with Gasteiger partial charge < -0.3 is 10.2 Å². The van der Waals surface area contributed by atoms with E-state index in [0.717, 1.165) is 30.8 Å². The van der Waals surface area contributed by atoms with Crippen molar-refractivity contribution in [3.63, 3.8) is 0 Å². The number of nitro benzene ring substituents is 1. The molecular formula is C26H28N4O3. The molecule has 0 aliphatic carbocycles. The fourth-order valence-corrected chi connectivity index (χ4v) is 4.35. The maximum Gasteiger partial charge on any atom is 0.282 e. The number of para-hydroxylation sites is 1. The number of benzene rings is 3. The molecule has 33 heavy (non-hydrogen) atoms. The van der Waals surface area contributed by atoms with Crippen molar-refractivity contribution in [3.8, 4) is 0 Å². The summed E-state index contributed by atoms with van der Waals surface area (Å²) in [4.78, 5) is 28.1. The van der Waals surface area contributed by atoms with Gasteiger partial charge in [0, 0.05) is 45.5 Å². The highest BCUT2D eigenvalue weighted by Crippen LogP contribution is 2.29. The molecule has 0 spiro atoms. The maximum atomic E-state index is 12.9. The van der Waals surface area contributed by atoms with Crippen LogP contribution in [0.25, 0.3) is 0 Å². The van der Waals surface area contributed by atoms with Crippen LogP contribution in [-0.4, -0.2) is 42.9 Å². The molecule has 1 amide bonds. The summed E-state index contributed by atoms with van der Waals surface area (Å²) in [5.41, 5.74) is 4.75. The molecule has 4 rings (SSSR count). The van der Waals surface area contributed by atoms with Crippen LogP contribution in [-0.2, 0) is 13.0 Å². The second-order valence-electron chi connectivity index (χ2n) is 8.48. The summed E-state index contributed by atoms with van der Waals surface area (Å²) < 4.78 is 0. The Kier molecular flexibility index (Phi) is 6.70. The van der Waals surface area contributed by atoms with Crippen LogP contribution in [0.3, 0.4) is 0 Å². The van der Waals surface area contributed by atoms with Crippen molar-refractivity contribution in [2.75, 3.05) is 32.1 Å². The lowest BCUT2D eigenvalue weighted by atomic mass is 9.96. The van der Waals surface area contributed by atoms with Crippen molar-refractivity contribution in [2.24, 2.45) is 0 Å². The van der Waals surface area contributed by atoms with Crippen LogP contribution in [0.5, 0.6) is 0 Å². The van der Waals surface area contributed by atoms with Gasteiger partial charge in [-0.1, -0.05) is 48.5 Å².